The largest absolute Gasteiger partial charge is 0.508 e. The van der Waals surface area contributed by atoms with Crippen LogP contribution in [0, 0.1) is 28.6 Å². The molecule has 0 amide bonds. The summed E-state index contributed by atoms with van der Waals surface area (Å²) in [5.74, 6) is 0.996. The van der Waals surface area contributed by atoms with Crippen molar-refractivity contribution in [3.8, 4) is 11.5 Å². The number of allylic oxidation sites excluding steroid dienone is 4. The number of phenolic OH excluding ortho intramolecular Hbond substituents is 2. The van der Waals surface area contributed by atoms with Crippen molar-refractivity contribution >= 4 is 10.4 Å². The first-order chi connectivity index (χ1) is 17.6. The van der Waals surface area contributed by atoms with Crippen molar-refractivity contribution in [3.05, 3.63) is 47.1 Å². The van der Waals surface area contributed by atoms with Gasteiger partial charge < -0.3 is 10.2 Å². The minimum absolute atomic E-state index is 0.0479. The summed E-state index contributed by atoms with van der Waals surface area (Å²) in [6.07, 6.45) is 12.0. The third-order valence-electron chi connectivity index (χ3n) is 9.61. The van der Waals surface area contributed by atoms with Crippen LogP contribution in [-0.4, -0.2) is 29.3 Å². The highest BCUT2D eigenvalue weighted by Crippen LogP contribution is 2.60. The second-order valence-corrected chi connectivity index (χ2v) is 13.9. The Labute approximate surface area is 230 Å². The van der Waals surface area contributed by atoms with Crippen molar-refractivity contribution in [2.24, 2.45) is 28.6 Å². The predicted molar refractivity (Wildman–Crippen MR) is 152 cm³/mol. The van der Waals surface area contributed by atoms with Crippen molar-refractivity contribution in [2.75, 3.05) is 0 Å². The molecule has 3 rings (SSSR count). The van der Waals surface area contributed by atoms with Crippen LogP contribution in [0.1, 0.15) is 98.5 Å². The third kappa shape index (κ3) is 7.64. The van der Waals surface area contributed by atoms with E-state index < -0.39 is 16.5 Å². The van der Waals surface area contributed by atoms with E-state index in [9.17, 15) is 23.2 Å². The van der Waals surface area contributed by atoms with Crippen LogP contribution in [0.5, 0.6) is 11.5 Å². The van der Waals surface area contributed by atoms with Crippen molar-refractivity contribution < 1.29 is 27.4 Å². The predicted octanol–water partition coefficient (Wildman–Crippen LogP) is 7.77. The average Bonchev–Trinajstić information content (AvgIpc) is 2.79. The zero-order valence-electron chi connectivity index (χ0n) is 24.0. The second kappa shape index (κ2) is 12.1. The Morgan fingerprint density at radius 2 is 1.92 bits per heavy atom. The zero-order chi connectivity index (χ0) is 28.3. The van der Waals surface area contributed by atoms with Gasteiger partial charge in [-0.1, -0.05) is 57.4 Å². The van der Waals surface area contributed by atoms with E-state index in [1.54, 1.807) is 6.07 Å². The fraction of sp³-hybridized carbons (Fsp3) is 0.677. The molecule has 1 fully saturated rings. The Morgan fingerprint density at radius 1 is 1.21 bits per heavy atom. The van der Waals surface area contributed by atoms with Crippen LogP contribution in [0.2, 0.25) is 0 Å². The average molecular weight is 549 g/mol. The van der Waals surface area contributed by atoms with Gasteiger partial charge in [0.2, 0.25) is 0 Å². The minimum Gasteiger partial charge on any atom is -0.508 e. The summed E-state index contributed by atoms with van der Waals surface area (Å²) < 4.78 is 38.7. The summed E-state index contributed by atoms with van der Waals surface area (Å²) in [5, 5.41) is 19.7. The molecule has 5 atom stereocenters. The van der Waals surface area contributed by atoms with Crippen molar-refractivity contribution in [2.45, 2.75) is 105 Å². The lowest BCUT2D eigenvalue weighted by Crippen LogP contribution is -2.49. The van der Waals surface area contributed by atoms with Gasteiger partial charge in [0.15, 0.2) is 0 Å². The molecule has 7 heteroatoms. The van der Waals surface area contributed by atoms with E-state index in [-0.39, 0.29) is 34.2 Å². The molecule has 0 spiro atoms. The molecule has 0 bridgehead atoms. The smallest absolute Gasteiger partial charge is 0.397 e. The van der Waals surface area contributed by atoms with Crippen molar-refractivity contribution in [1.82, 2.24) is 0 Å². The number of phenols is 2. The maximum Gasteiger partial charge on any atom is 0.397 e. The molecule has 6 nitrogen and oxygen atoms in total. The number of fused-ring (bicyclic) bond motifs is 1. The highest BCUT2D eigenvalue weighted by Gasteiger charge is 2.52. The van der Waals surface area contributed by atoms with Crippen LogP contribution in [0.3, 0.4) is 0 Å². The van der Waals surface area contributed by atoms with E-state index in [1.807, 2.05) is 19.9 Å². The van der Waals surface area contributed by atoms with E-state index in [4.69, 9.17) is 4.18 Å². The van der Waals surface area contributed by atoms with Gasteiger partial charge in [0.05, 0.1) is 6.10 Å². The standard InChI is InChI=1S/C31H48O6S/c1-21(11-13-24-19-25(32)14-15-27(24)33)9-7-10-23(3)28(37-38(34,35)36)20-26-22(2)12-16-29-30(4,5)17-8-18-31(26,29)6/h11-12,14-15,19,23,26,28-29,32-33H,7-10,13,16-18,20H2,1-6H3,(H,34,35,36)/b21-11+/t23-,26+,28-,29?,31-/m1/s1. The first-order valence-electron chi connectivity index (χ1n) is 14.1. The molecular formula is C31H48O6S. The highest BCUT2D eigenvalue weighted by molar-refractivity contribution is 7.80. The van der Waals surface area contributed by atoms with Gasteiger partial charge in [-0.15, -0.1) is 0 Å². The molecule has 1 saturated carbocycles. The normalized spacial score (nSPS) is 27.3. The van der Waals surface area contributed by atoms with Crippen LogP contribution in [0.25, 0.3) is 0 Å². The minimum atomic E-state index is -4.57. The Hall–Kier alpha value is -1.83. The summed E-state index contributed by atoms with van der Waals surface area (Å²) in [7, 11) is -4.57. The van der Waals surface area contributed by atoms with Gasteiger partial charge in [-0.3, -0.25) is 4.55 Å². The summed E-state index contributed by atoms with van der Waals surface area (Å²) >= 11 is 0. The Kier molecular flexibility index (Phi) is 9.81. The quantitative estimate of drug-likeness (QED) is 0.148. The van der Waals surface area contributed by atoms with Gasteiger partial charge in [0.25, 0.3) is 0 Å². The SMILES string of the molecule is CC1=CCC2C(C)(C)CCC[C@]2(C)[C@H]1C[C@@H](OS(=O)(=O)O)[C@H](C)CCC/C(C)=C/Cc1cc(O)ccc1O. The molecule has 214 valence electrons. The third-order valence-corrected chi connectivity index (χ3v) is 10.1. The van der Waals surface area contributed by atoms with E-state index >= 15 is 0 Å². The van der Waals surface area contributed by atoms with E-state index in [0.29, 0.717) is 24.3 Å². The second-order valence-electron chi connectivity index (χ2n) is 12.9. The molecule has 3 N–H and O–H groups in total. The molecule has 0 saturated heterocycles. The zero-order valence-corrected chi connectivity index (χ0v) is 24.9. The van der Waals surface area contributed by atoms with E-state index in [1.165, 1.54) is 30.5 Å². The Morgan fingerprint density at radius 3 is 2.61 bits per heavy atom. The maximum atomic E-state index is 11.9. The highest BCUT2D eigenvalue weighted by atomic mass is 32.3. The molecule has 38 heavy (non-hydrogen) atoms. The molecule has 0 radical (unpaired) electrons. The fourth-order valence-corrected chi connectivity index (χ4v) is 7.94. The lowest BCUT2D eigenvalue weighted by atomic mass is 9.48. The molecule has 2 aliphatic rings. The molecule has 0 heterocycles. The van der Waals surface area contributed by atoms with Gasteiger partial charge in [-0.05, 0) is 112 Å². The van der Waals surface area contributed by atoms with Crippen molar-refractivity contribution in [3.63, 3.8) is 0 Å². The van der Waals surface area contributed by atoms with Crippen LogP contribution in [0.4, 0.5) is 0 Å². The monoisotopic (exact) mass is 548 g/mol. The first kappa shape index (κ1) is 30.7. The van der Waals surface area contributed by atoms with Crippen molar-refractivity contribution in [1.29, 1.82) is 0 Å². The van der Waals surface area contributed by atoms with E-state index in [2.05, 4.69) is 33.8 Å². The van der Waals surface area contributed by atoms with Gasteiger partial charge in [-0.2, -0.15) is 8.42 Å². The first-order valence-corrected chi connectivity index (χ1v) is 15.5. The Balaban J connectivity index is 1.67. The number of aromatic hydroxyl groups is 2. The molecular weight excluding hydrogens is 500 g/mol. The topological polar surface area (TPSA) is 104 Å². The van der Waals surface area contributed by atoms with Gasteiger partial charge in [0.1, 0.15) is 11.5 Å². The van der Waals surface area contributed by atoms with E-state index in [0.717, 1.165) is 37.7 Å². The molecule has 2 aliphatic carbocycles. The van der Waals surface area contributed by atoms with Crippen LogP contribution < -0.4 is 0 Å². The molecule has 0 aliphatic heterocycles. The number of benzene rings is 1. The summed E-state index contributed by atoms with van der Waals surface area (Å²) in [4.78, 5) is 0. The van der Waals surface area contributed by atoms with Crippen LogP contribution in [-0.2, 0) is 21.0 Å². The summed E-state index contributed by atoms with van der Waals surface area (Å²) in [6, 6.07) is 4.52. The molecule has 1 aromatic carbocycles. The summed E-state index contributed by atoms with van der Waals surface area (Å²) in [5.41, 5.74) is 3.47. The lowest BCUT2D eigenvalue weighted by Gasteiger charge is -2.57. The maximum absolute atomic E-state index is 11.9. The number of hydrogen-bond donors (Lipinski definition) is 3. The van der Waals surface area contributed by atoms with Gasteiger partial charge >= 0.3 is 10.4 Å². The molecule has 0 aromatic heterocycles. The lowest BCUT2D eigenvalue weighted by molar-refractivity contribution is -0.0517. The van der Waals surface area contributed by atoms with Crippen LogP contribution in [0.15, 0.2) is 41.5 Å². The van der Waals surface area contributed by atoms with Crippen LogP contribution >= 0.6 is 0 Å². The molecule has 1 aromatic rings. The van der Waals surface area contributed by atoms with Gasteiger partial charge in [0, 0.05) is 5.56 Å². The fourth-order valence-electron chi connectivity index (χ4n) is 7.36. The number of rotatable bonds is 11. The summed E-state index contributed by atoms with van der Waals surface area (Å²) in [6.45, 7) is 13.3. The van der Waals surface area contributed by atoms with Gasteiger partial charge in [-0.25, -0.2) is 4.18 Å². The number of hydrogen-bond acceptors (Lipinski definition) is 5. The Bertz CT molecular complexity index is 1140. The molecule has 1 unspecified atom stereocenters.